The highest BCUT2D eigenvalue weighted by molar-refractivity contribution is 7.92. The minimum atomic E-state index is -4.10. The Kier molecular flexibility index (Phi) is 6.40. The van der Waals surface area contributed by atoms with Crippen LogP contribution < -0.4 is 4.31 Å². The van der Waals surface area contributed by atoms with Crippen LogP contribution in [0, 0.1) is 17.0 Å². The van der Waals surface area contributed by atoms with Crippen LogP contribution in [0.25, 0.3) is 0 Å². The molecule has 27 heavy (non-hydrogen) atoms. The van der Waals surface area contributed by atoms with Gasteiger partial charge in [0, 0.05) is 25.1 Å². The smallest absolute Gasteiger partial charge is 0.303 e. The van der Waals surface area contributed by atoms with E-state index in [1.165, 1.54) is 24.3 Å². The lowest BCUT2D eigenvalue weighted by Gasteiger charge is -2.25. The van der Waals surface area contributed by atoms with Gasteiger partial charge in [0.2, 0.25) is 0 Å². The highest BCUT2D eigenvalue weighted by Gasteiger charge is 2.28. The molecule has 0 saturated heterocycles. The van der Waals surface area contributed by atoms with Gasteiger partial charge in [0.1, 0.15) is 0 Å². The molecule has 2 aromatic carbocycles. The van der Waals surface area contributed by atoms with Gasteiger partial charge in [0.25, 0.3) is 15.7 Å². The average molecular weight is 413 g/mol. The fourth-order valence-electron chi connectivity index (χ4n) is 2.39. The van der Waals surface area contributed by atoms with Crippen LogP contribution in [0.3, 0.4) is 0 Å². The van der Waals surface area contributed by atoms with Crippen molar-refractivity contribution in [2.45, 2.75) is 24.7 Å². The Morgan fingerprint density at radius 2 is 1.85 bits per heavy atom. The maximum atomic E-state index is 13.1. The largest absolute Gasteiger partial charge is 0.481 e. The number of aryl methyl sites for hydroxylation is 1. The molecule has 0 bridgehead atoms. The number of nitrogens with zero attached hydrogens (tertiary/aromatic N) is 2. The van der Waals surface area contributed by atoms with E-state index in [0.717, 1.165) is 15.9 Å². The molecular formula is C17H17ClN2O6S. The van der Waals surface area contributed by atoms with Gasteiger partial charge < -0.3 is 5.11 Å². The van der Waals surface area contributed by atoms with E-state index in [-0.39, 0.29) is 40.7 Å². The molecule has 0 radical (unpaired) electrons. The number of halogens is 1. The van der Waals surface area contributed by atoms with Gasteiger partial charge in [-0.15, -0.1) is 0 Å². The molecule has 0 fully saturated rings. The number of carbonyl (C=O) groups is 1. The van der Waals surface area contributed by atoms with Crippen molar-refractivity contribution in [3.63, 3.8) is 0 Å². The number of nitro benzene ring substituents is 1. The van der Waals surface area contributed by atoms with E-state index in [0.29, 0.717) is 0 Å². The molecule has 144 valence electrons. The summed E-state index contributed by atoms with van der Waals surface area (Å²) in [5, 5.41) is 19.9. The molecule has 1 N–H and O–H groups in total. The summed E-state index contributed by atoms with van der Waals surface area (Å²) in [7, 11) is -4.10. The summed E-state index contributed by atoms with van der Waals surface area (Å²) >= 11 is 6.11. The van der Waals surface area contributed by atoms with Gasteiger partial charge in [-0.1, -0.05) is 29.3 Å². The second-order valence-corrected chi connectivity index (χ2v) is 8.05. The lowest BCUT2D eigenvalue weighted by molar-refractivity contribution is -0.384. The number of hydrogen-bond acceptors (Lipinski definition) is 5. The Hall–Kier alpha value is -2.65. The van der Waals surface area contributed by atoms with Crippen molar-refractivity contribution in [3.8, 4) is 0 Å². The van der Waals surface area contributed by atoms with E-state index in [2.05, 4.69) is 0 Å². The maximum Gasteiger partial charge on any atom is 0.303 e. The van der Waals surface area contributed by atoms with Gasteiger partial charge in [0.05, 0.1) is 20.5 Å². The molecule has 0 heterocycles. The van der Waals surface area contributed by atoms with E-state index in [1.807, 2.05) is 0 Å². The molecule has 2 aromatic rings. The first-order valence-electron chi connectivity index (χ1n) is 7.88. The van der Waals surface area contributed by atoms with Crippen molar-refractivity contribution in [2.75, 3.05) is 10.8 Å². The summed E-state index contributed by atoms with van der Waals surface area (Å²) in [6.45, 7) is 1.61. The van der Waals surface area contributed by atoms with Gasteiger partial charge in [0.15, 0.2) is 0 Å². The second-order valence-electron chi connectivity index (χ2n) is 5.78. The molecule has 0 aliphatic carbocycles. The lowest BCUT2D eigenvalue weighted by atomic mass is 10.2. The van der Waals surface area contributed by atoms with Crippen LogP contribution in [0.2, 0.25) is 5.02 Å². The van der Waals surface area contributed by atoms with Gasteiger partial charge in [-0.3, -0.25) is 19.2 Å². The number of aliphatic carboxylic acids is 1. The van der Waals surface area contributed by atoms with Crippen LogP contribution in [-0.2, 0) is 14.8 Å². The molecule has 0 saturated carbocycles. The van der Waals surface area contributed by atoms with Crippen molar-refractivity contribution in [3.05, 3.63) is 63.2 Å². The molecular weight excluding hydrogens is 396 g/mol. The van der Waals surface area contributed by atoms with E-state index < -0.39 is 20.9 Å². The van der Waals surface area contributed by atoms with Gasteiger partial charge >= 0.3 is 5.97 Å². The molecule has 0 aliphatic heterocycles. The van der Waals surface area contributed by atoms with E-state index >= 15 is 0 Å². The number of anilines is 1. The summed E-state index contributed by atoms with van der Waals surface area (Å²) in [5.41, 5.74) is 0.466. The molecule has 2 rings (SSSR count). The van der Waals surface area contributed by atoms with Gasteiger partial charge in [-0.25, -0.2) is 8.42 Å². The number of carboxylic acid groups (broad SMARTS) is 1. The quantitative estimate of drug-likeness (QED) is 0.522. The molecule has 0 aromatic heterocycles. The van der Waals surface area contributed by atoms with Crippen molar-refractivity contribution in [1.82, 2.24) is 0 Å². The molecule has 8 nitrogen and oxygen atoms in total. The van der Waals surface area contributed by atoms with Gasteiger partial charge in [-0.2, -0.15) is 0 Å². The normalized spacial score (nSPS) is 11.2. The third kappa shape index (κ3) is 4.95. The maximum absolute atomic E-state index is 13.1. The number of rotatable bonds is 8. The Labute approximate surface area is 161 Å². The minimum Gasteiger partial charge on any atom is -0.481 e. The van der Waals surface area contributed by atoms with Crippen molar-refractivity contribution in [1.29, 1.82) is 0 Å². The molecule has 0 amide bonds. The Morgan fingerprint density at radius 1 is 1.22 bits per heavy atom. The summed E-state index contributed by atoms with van der Waals surface area (Å²) in [6, 6.07) is 9.55. The van der Waals surface area contributed by atoms with Crippen LogP contribution >= 0.6 is 11.6 Å². The third-order valence-corrected chi connectivity index (χ3v) is 5.92. The van der Waals surface area contributed by atoms with E-state index in [1.54, 1.807) is 19.1 Å². The predicted molar refractivity (Wildman–Crippen MR) is 101 cm³/mol. The first-order chi connectivity index (χ1) is 12.6. The molecule has 10 heteroatoms. The summed E-state index contributed by atoms with van der Waals surface area (Å²) in [5.74, 6) is -1.08. The van der Waals surface area contributed by atoms with Crippen LogP contribution in [-0.4, -0.2) is 31.0 Å². The van der Waals surface area contributed by atoms with Crippen LogP contribution in [0.5, 0.6) is 0 Å². The fourth-order valence-corrected chi connectivity index (χ4v) is 4.17. The van der Waals surface area contributed by atoms with Crippen LogP contribution in [0.15, 0.2) is 47.4 Å². The number of hydrogen-bond donors (Lipinski definition) is 1. The lowest BCUT2D eigenvalue weighted by Crippen LogP contribution is -2.32. The Morgan fingerprint density at radius 3 is 2.41 bits per heavy atom. The number of benzene rings is 2. The zero-order valence-corrected chi connectivity index (χ0v) is 15.9. The number of nitro groups is 1. The van der Waals surface area contributed by atoms with Crippen LogP contribution in [0.1, 0.15) is 18.4 Å². The fraction of sp³-hybridized carbons (Fsp3) is 0.235. The van der Waals surface area contributed by atoms with Crippen LogP contribution in [0.4, 0.5) is 11.4 Å². The molecule has 0 atom stereocenters. The highest BCUT2D eigenvalue weighted by atomic mass is 35.5. The number of carboxylic acids is 1. The van der Waals surface area contributed by atoms with Crippen molar-refractivity contribution >= 4 is 39.0 Å². The minimum absolute atomic E-state index is 0.00612. The van der Waals surface area contributed by atoms with Crippen molar-refractivity contribution in [2.24, 2.45) is 0 Å². The monoisotopic (exact) mass is 412 g/mol. The summed E-state index contributed by atoms with van der Waals surface area (Å²) in [6.07, 6.45) is -0.244. The SMILES string of the molecule is Cc1ccc(S(=O)(=O)N(CCCC(=O)O)c2cc([N+](=O)[O-])ccc2Cl)cc1. The second kappa shape index (κ2) is 8.36. The Bertz CT molecular complexity index is 960. The van der Waals surface area contributed by atoms with E-state index in [9.17, 15) is 23.3 Å². The van der Waals surface area contributed by atoms with Crippen molar-refractivity contribution < 1.29 is 23.2 Å². The Balaban J connectivity index is 2.54. The molecule has 0 unspecified atom stereocenters. The summed E-state index contributed by atoms with van der Waals surface area (Å²) < 4.78 is 27.1. The molecule has 0 aliphatic rings. The first kappa shape index (κ1) is 20.7. The standard InChI is InChI=1S/C17H17ClN2O6S/c1-12-4-7-14(8-5-12)27(25,26)19(10-2-3-17(21)22)16-11-13(20(23)24)6-9-15(16)18/h4-9,11H,2-3,10H2,1H3,(H,21,22). The topological polar surface area (TPSA) is 118 Å². The predicted octanol–water partition coefficient (Wildman–Crippen LogP) is 3.62. The zero-order chi connectivity index (χ0) is 20.2. The number of non-ortho nitro benzene ring substituents is 1. The highest BCUT2D eigenvalue weighted by Crippen LogP contribution is 2.34. The number of sulfonamides is 1. The first-order valence-corrected chi connectivity index (χ1v) is 9.70. The zero-order valence-electron chi connectivity index (χ0n) is 14.3. The average Bonchev–Trinajstić information content (AvgIpc) is 2.59. The van der Waals surface area contributed by atoms with E-state index in [4.69, 9.17) is 16.7 Å². The molecule has 0 spiro atoms. The third-order valence-electron chi connectivity index (χ3n) is 3.77. The summed E-state index contributed by atoms with van der Waals surface area (Å²) in [4.78, 5) is 21.2. The van der Waals surface area contributed by atoms with Gasteiger partial charge in [-0.05, 0) is 31.5 Å².